The van der Waals surface area contributed by atoms with Crippen LogP contribution in [0.1, 0.15) is 20.8 Å². The summed E-state index contributed by atoms with van der Waals surface area (Å²) in [5.74, 6) is 0.555. The van der Waals surface area contributed by atoms with E-state index in [-0.39, 0.29) is 0 Å². The van der Waals surface area contributed by atoms with E-state index < -0.39 is 0 Å². The monoisotopic (exact) mass is 165 g/mol. The van der Waals surface area contributed by atoms with Gasteiger partial charge < -0.3 is 4.90 Å². The SMILES string of the molecule is CC=C=C/C(=C\N(C)C)C(C)C. The number of hydrogen-bond donors (Lipinski definition) is 0. The van der Waals surface area contributed by atoms with Crippen LogP contribution in [0.4, 0.5) is 0 Å². The van der Waals surface area contributed by atoms with E-state index >= 15 is 0 Å². The zero-order valence-corrected chi connectivity index (χ0v) is 8.76. The van der Waals surface area contributed by atoms with Gasteiger partial charge in [-0.3, -0.25) is 0 Å². The summed E-state index contributed by atoms with van der Waals surface area (Å²) in [6, 6.07) is 0. The molecule has 0 aliphatic carbocycles. The van der Waals surface area contributed by atoms with E-state index in [2.05, 4.69) is 30.7 Å². The molecule has 0 bridgehead atoms. The molecule has 0 saturated carbocycles. The molecule has 0 saturated heterocycles. The van der Waals surface area contributed by atoms with Gasteiger partial charge in [0.2, 0.25) is 0 Å². The predicted molar refractivity (Wildman–Crippen MR) is 54.9 cm³/mol. The lowest BCUT2D eigenvalue weighted by Crippen LogP contribution is -2.04. The van der Waals surface area contributed by atoms with Gasteiger partial charge in [0.1, 0.15) is 0 Å². The summed E-state index contributed by atoms with van der Waals surface area (Å²) >= 11 is 0. The molecule has 0 unspecified atom stereocenters. The fourth-order valence-corrected chi connectivity index (χ4v) is 0.831. The molecule has 0 aliphatic heterocycles. The Balaban J connectivity index is 4.55. The standard InChI is InChI=1S/C11H19N/c1-6-7-8-11(10(2)3)9-12(4)5/h6,8-10H,1-5H3/b11-9+. The minimum Gasteiger partial charge on any atom is -0.383 e. The summed E-state index contributed by atoms with van der Waals surface area (Å²) in [7, 11) is 4.07. The van der Waals surface area contributed by atoms with Crippen LogP contribution in [0.3, 0.4) is 0 Å². The Hall–Kier alpha value is -0.940. The first kappa shape index (κ1) is 11.1. The highest BCUT2D eigenvalue weighted by molar-refractivity contribution is 5.19. The van der Waals surface area contributed by atoms with Crippen LogP contribution in [0.25, 0.3) is 0 Å². The lowest BCUT2D eigenvalue weighted by molar-refractivity contribution is 0.550. The highest BCUT2D eigenvalue weighted by Gasteiger charge is 1.98. The smallest absolute Gasteiger partial charge is 0.00557 e. The van der Waals surface area contributed by atoms with Crippen molar-refractivity contribution in [2.45, 2.75) is 20.8 Å². The highest BCUT2D eigenvalue weighted by atomic mass is 15.0. The molecule has 0 radical (unpaired) electrons. The maximum atomic E-state index is 3.09. The van der Waals surface area contributed by atoms with Crippen LogP contribution in [0.15, 0.2) is 29.7 Å². The van der Waals surface area contributed by atoms with Crippen LogP contribution in [-0.4, -0.2) is 19.0 Å². The second kappa shape index (κ2) is 5.68. The van der Waals surface area contributed by atoms with Crippen molar-refractivity contribution < 1.29 is 0 Å². The number of hydrogen-bond acceptors (Lipinski definition) is 1. The van der Waals surface area contributed by atoms with Crippen LogP contribution >= 0.6 is 0 Å². The quantitative estimate of drug-likeness (QED) is 0.459. The van der Waals surface area contributed by atoms with Crippen LogP contribution in [0.2, 0.25) is 0 Å². The zero-order chi connectivity index (χ0) is 9.56. The predicted octanol–water partition coefficient (Wildman–Crippen LogP) is 2.82. The molecule has 0 fully saturated rings. The molecule has 0 amide bonds. The molecule has 0 aromatic rings. The van der Waals surface area contributed by atoms with Crippen molar-refractivity contribution in [2.24, 2.45) is 5.92 Å². The summed E-state index contributed by atoms with van der Waals surface area (Å²) in [6.45, 7) is 6.34. The Bertz CT molecular complexity index is 203. The Kier molecular flexibility index (Phi) is 5.23. The molecule has 1 nitrogen and oxygen atoms in total. The normalized spacial score (nSPS) is 11.0. The molecular formula is C11H19N. The first-order valence-corrected chi connectivity index (χ1v) is 4.33. The third-order valence-corrected chi connectivity index (χ3v) is 1.49. The summed E-state index contributed by atoms with van der Waals surface area (Å²) in [4.78, 5) is 2.06. The van der Waals surface area contributed by atoms with Crippen LogP contribution < -0.4 is 0 Å². The van der Waals surface area contributed by atoms with Gasteiger partial charge in [0, 0.05) is 20.3 Å². The van der Waals surface area contributed by atoms with Gasteiger partial charge in [-0.25, -0.2) is 0 Å². The van der Waals surface area contributed by atoms with Crippen molar-refractivity contribution in [3.05, 3.63) is 29.7 Å². The van der Waals surface area contributed by atoms with Gasteiger partial charge in [0.05, 0.1) is 0 Å². The second-order valence-electron chi connectivity index (χ2n) is 3.35. The summed E-state index contributed by atoms with van der Waals surface area (Å²) < 4.78 is 0. The summed E-state index contributed by atoms with van der Waals surface area (Å²) in [6.07, 6.45) is 6.08. The largest absolute Gasteiger partial charge is 0.383 e. The van der Waals surface area contributed by atoms with E-state index in [1.54, 1.807) is 0 Å². The molecule has 0 spiro atoms. The van der Waals surface area contributed by atoms with Gasteiger partial charge in [0.15, 0.2) is 0 Å². The van der Waals surface area contributed by atoms with Gasteiger partial charge in [-0.05, 0) is 30.6 Å². The third-order valence-electron chi connectivity index (χ3n) is 1.49. The van der Waals surface area contributed by atoms with Crippen molar-refractivity contribution in [3.63, 3.8) is 0 Å². The number of nitrogens with zero attached hydrogens (tertiary/aromatic N) is 1. The molecule has 0 aliphatic rings. The summed E-state index contributed by atoms with van der Waals surface area (Å²) in [5, 5.41) is 0. The van der Waals surface area contributed by atoms with Crippen LogP contribution in [0, 0.1) is 5.92 Å². The van der Waals surface area contributed by atoms with Gasteiger partial charge in [0.25, 0.3) is 0 Å². The van der Waals surface area contributed by atoms with Crippen LogP contribution in [0.5, 0.6) is 0 Å². The molecule has 12 heavy (non-hydrogen) atoms. The van der Waals surface area contributed by atoms with Gasteiger partial charge in [-0.15, -0.1) is 5.73 Å². The number of rotatable bonds is 3. The first-order valence-electron chi connectivity index (χ1n) is 4.33. The molecule has 0 aromatic heterocycles. The maximum absolute atomic E-state index is 3.09. The first-order chi connectivity index (χ1) is 5.57. The van der Waals surface area contributed by atoms with Crippen molar-refractivity contribution >= 4 is 0 Å². The molecule has 0 heterocycles. The van der Waals surface area contributed by atoms with E-state index in [0.717, 1.165) is 0 Å². The molecule has 0 atom stereocenters. The Morgan fingerprint density at radius 3 is 2.25 bits per heavy atom. The van der Waals surface area contributed by atoms with E-state index in [1.165, 1.54) is 5.57 Å². The zero-order valence-electron chi connectivity index (χ0n) is 8.76. The molecule has 0 rings (SSSR count). The van der Waals surface area contributed by atoms with Crippen molar-refractivity contribution in [1.82, 2.24) is 4.90 Å². The molecule has 1 heteroatoms. The molecule has 68 valence electrons. The summed E-state index contributed by atoms with van der Waals surface area (Å²) in [5.41, 5.74) is 4.39. The van der Waals surface area contributed by atoms with Gasteiger partial charge in [-0.2, -0.15) is 0 Å². The lowest BCUT2D eigenvalue weighted by Gasteiger charge is -2.10. The minimum absolute atomic E-state index is 0.555. The van der Waals surface area contributed by atoms with Crippen molar-refractivity contribution in [3.8, 4) is 0 Å². The van der Waals surface area contributed by atoms with E-state index in [4.69, 9.17) is 0 Å². The van der Waals surface area contributed by atoms with Crippen molar-refractivity contribution in [1.29, 1.82) is 0 Å². The molecule has 0 aromatic carbocycles. The lowest BCUT2D eigenvalue weighted by atomic mass is 10.0. The fraction of sp³-hybridized carbons (Fsp3) is 0.545. The van der Waals surface area contributed by atoms with E-state index in [1.807, 2.05) is 33.2 Å². The average Bonchev–Trinajstić information content (AvgIpc) is 1.96. The maximum Gasteiger partial charge on any atom is 0.00557 e. The van der Waals surface area contributed by atoms with E-state index in [9.17, 15) is 0 Å². The Morgan fingerprint density at radius 1 is 1.33 bits per heavy atom. The molecular weight excluding hydrogens is 146 g/mol. The van der Waals surface area contributed by atoms with E-state index in [0.29, 0.717) is 5.92 Å². The van der Waals surface area contributed by atoms with Crippen molar-refractivity contribution in [2.75, 3.05) is 14.1 Å². The number of allylic oxidation sites excluding steroid dienone is 2. The highest BCUT2D eigenvalue weighted by Crippen LogP contribution is 2.10. The van der Waals surface area contributed by atoms with Crippen LogP contribution in [-0.2, 0) is 0 Å². The fourth-order valence-electron chi connectivity index (χ4n) is 0.831. The van der Waals surface area contributed by atoms with Gasteiger partial charge >= 0.3 is 0 Å². The second-order valence-corrected chi connectivity index (χ2v) is 3.35. The average molecular weight is 165 g/mol. The van der Waals surface area contributed by atoms with Gasteiger partial charge in [-0.1, -0.05) is 13.8 Å². The Labute approximate surface area is 76.1 Å². The molecule has 0 N–H and O–H groups in total. The minimum atomic E-state index is 0.555. The Morgan fingerprint density at radius 2 is 1.92 bits per heavy atom. The third kappa shape index (κ3) is 4.81. The topological polar surface area (TPSA) is 3.24 Å².